The summed E-state index contributed by atoms with van der Waals surface area (Å²) in [5.74, 6) is 0.689. The molecule has 1 rings (SSSR count). The van der Waals surface area contributed by atoms with Gasteiger partial charge in [0.25, 0.3) is 0 Å². The third-order valence-electron chi connectivity index (χ3n) is 3.13. The van der Waals surface area contributed by atoms with Crippen molar-refractivity contribution in [3.63, 3.8) is 0 Å². The average molecular weight is 257 g/mol. The fraction of sp³-hybridized carbons (Fsp3) is 0.692. The van der Waals surface area contributed by atoms with Gasteiger partial charge in [0.05, 0.1) is 0 Å². The van der Waals surface area contributed by atoms with Gasteiger partial charge in [0.2, 0.25) is 0 Å². The first-order chi connectivity index (χ1) is 7.98. The zero-order valence-corrected chi connectivity index (χ0v) is 12.1. The van der Waals surface area contributed by atoms with Crippen molar-refractivity contribution in [3.8, 4) is 0 Å². The quantitative estimate of drug-likeness (QED) is 0.754. The molecule has 96 valence electrons. The molecular formula is C13H21ClN2O. The maximum atomic E-state index is 6.15. The lowest BCUT2D eigenvalue weighted by Gasteiger charge is -2.27. The van der Waals surface area contributed by atoms with Crippen LogP contribution >= 0.6 is 11.6 Å². The maximum absolute atomic E-state index is 6.15. The van der Waals surface area contributed by atoms with E-state index in [1.54, 1.807) is 0 Å². The molecule has 1 aromatic heterocycles. The van der Waals surface area contributed by atoms with Crippen molar-refractivity contribution in [2.75, 3.05) is 6.61 Å². The van der Waals surface area contributed by atoms with Gasteiger partial charge in [-0.2, -0.15) is 0 Å². The molecule has 1 atom stereocenters. The highest BCUT2D eigenvalue weighted by Gasteiger charge is 2.29. The van der Waals surface area contributed by atoms with Crippen LogP contribution in [0.15, 0.2) is 0 Å². The molecule has 1 heterocycles. The molecule has 0 N–H and O–H groups in total. The van der Waals surface area contributed by atoms with Crippen molar-refractivity contribution in [3.05, 3.63) is 22.2 Å². The van der Waals surface area contributed by atoms with Crippen LogP contribution in [0.4, 0.5) is 0 Å². The molecule has 0 saturated carbocycles. The smallest absolute Gasteiger partial charge is 0.161 e. The average Bonchev–Trinajstić information content (AvgIpc) is 2.32. The summed E-state index contributed by atoms with van der Waals surface area (Å²) < 4.78 is 5.78. The second-order valence-corrected chi connectivity index (χ2v) is 4.64. The molecule has 0 aliphatic rings. The number of rotatable bonds is 5. The van der Waals surface area contributed by atoms with Gasteiger partial charge in [0.15, 0.2) is 5.82 Å². The number of nitrogens with zero attached hydrogens (tertiary/aromatic N) is 2. The standard InChI is InChI=1S/C13H21ClN2O/c1-6-10-9(4)11(14)16-12(15-10)13(5,7-2)17-8-3/h6-8H2,1-5H3. The highest BCUT2D eigenvalue weighted by atomic mass is 35.5. The Labute approximate surface area is 109 Å². The zero-order chi connectivity index (χ0) is 13.1. The molecule has 17 heavy (non-hydrogen) atoms. The lowest BCUT2D eigenvalue weighted by Crippen LogP contribution is -2.28. The van der Waals surface area contributed by atoms with Crippen molar-refractivity contribution >= 4 is 11.6 Å². The molecule has 0 spiro atoms. The molecule has 1 unspecified atom stereocenters. The molecule has 0 fully saturated rings. The largest absolute Gasteiger partial charge is 0.368 e. The predicted octanol–water partition coefficient (Wildman–Crippen LogP) is 3.66. The van der Waals surface area contributed by atoms with E-state index in [0.717, 1.165) is 24.1 Å². The second-order valence-electron chi connectivity index (χ2n) is 4.28. The van der Waals surface area contributed by atoms with E-state index in [0.29, 0.717) is 17.6 Å². The summed E-state index contributed by atoms with van der Waals surface area (Å²) in [7, 11) is 0. The molecule has 0 radical (unpaired) electrons. The predicted molar refractivity (Wildman–Crippen MR) is 70.4 cm³/mol. The van der Waals surface area contributed by atoms with Gasteiger partial charge >= 0.3 is 0 Å². The van der Waals surface area contributed by atoms with Crippen LogP contribution in [0, 0.1) is 6.92 Å². The van der Waals surface area contributed by atoms with Crippen LogP contribution in [-0.2, 0) is 16.8 Å². The van der Waals surface area contributed by atoms with Crippen molar-refractivity contribution in [2.24, 2.45) is 0 Å². The van der Waals surface area contributed by atoms with E-state index in [4.69, 9.17) is 16.3 Å². The summed E-state index contributed by atoms with van der Waals surface area (Å²) in [6, 6.07) is 0. The van der Waals surface area contributed by atoms with Crippen LogP contribution in [0.3, 0.4) is 0 Å². The van der Waals surface area contributed by atoms with Crippen LogP contribution in [0.5, 0.6) is 0 Å². The molecule has 0 amide bonds. The first-order valence-electron chi connectivity index (χ1n) is 6.15. The fourth-order valence-corrected chi connectivity index (χ4v) is 1.95. The third-order valence-corrected chi connectivity index (χ3v) is 3.50. The lowest BCUT2D eigenvalue weighted by atomic mass is 10.0. The van der Waals surface area contributed by atoms with Crippen molar-refractivity contribution in [2.45, 2.75) is 53.1 Å². The molecule has 0 aromatic carbocycles. The highest BCUT2D eigenvalue weighted by Crippen LogP contribution is 2.28. The molecule has 0 aliphatic heterocycles. The van der Waals surface area contributed by atoms with Gasteiger partial charge < -0.3 is 4.74 Å². The summed E-state index contributed by atoms with van der Waals surface area (Å²) in [4.78, 5) is 8.96. The second kappa shape index (κ2) is 5.78. The van der Waals surface area contributed by atoms with E-state index in [2.05, 4.69) is 23.8 Å². The van der Waals surface area contributed by atoms with E-state index < -0.39 is 5.60 Å². The minimum Gasteiger partial charge on any atom is -0.368 e. The van der Waals surface area contributed by atoms with Gasteiger partial charge in [-0.05, 0) is 33.6 Å². The van der Waals surface area contributed by atoms with Crippen molar-refractivity contribution in [1.29, 1.82) is 0 Å². The molecule has 0 aliphatic carbocycles. The molecular weight excluding hydrogens is 236 g/mol. The van der Waals surface area contributed by atoms with E-state index in [9.17, 15) is 0 Å². The monoisotopic (exact) mass is 256 g/mol. The number of ether oxygens (including phenoxy) is 1. The molecule has 0 bridgehead atoms. The number of aromatic nitrogens is 2. The lowest BCUT2D eigenvalue weighted by molar-refractivity contribution is -0.0392. The summed E-state index contributed by atoms with van der Waals surface area (Å²) in [6.07, 6.45) is 1.68. The SMILES string of the molecule is CCOC(C)(CC)c1nc(Cl)c(C)c(CC)n1. The Hall–Kier alpha value is -0.670. The number of hydrogen-bond acceptors (Lipinski definition) is 3. The van der Waals surface area contributed by atoms with Gasteiger partial charge in [-0.25, -0.2) is 9.97 Å². The molecule has 0 saturated heterocycles. The molecule has 1 aromatic rings. The Morgan fingerprint density at radius 1 is 1.24 bits per heavy atom. The minimum atomic E-state index is -0.448. The van der Waals surface area contributed by atoms with E-state index in [-0.39, 0.29) is 0 Å². The van der Waals surface area contributed by atoms with Crippen LogP contribution in [-0.4, -0.2) is 16.6 Å². The number of hydrogen-bond donors (Lipinski definition) is 0. The van der Waals surface area contributed by atoms with Crippen LogP contribution in [0.1, 0.15) is 51.2 Å². The fourth-order valence-electron chi connectivity index (χ4n) is 1.76. The van der Waals surface area contributed by atoms with E-state index in [1.165, 1.54) is 0 Å². The van der Waals surface area contributed by atoms with E-state index >= 15 is 0 Å². The Morgan fingerprint density at radius 3 is 2.35 bits per heavy atom. The first-order valence-corrected chi connectivity index (χ1v) is 6.53. The number of aryl methyl sites for hydroxylation is 1. The Kier molecular flexibility index (Phi) is 4.90. The van der Waals surface area contributed by atoms with Crippen molar-refractivity contribution in [1.82, 2.24) is 9.97 Å². The van der Waals surface area contributed by atoms with Crippen LogP contribution in [0.2, 0.25) is 5.15 Å². The maximum Gasteiger partial charge on any atom is 0.161 e. The van der Waals surface area contributed by atoms with Crippen LogP contribution in [0.25, 0.3) is 0 Å². The van der Waals surface area contributed by atoms with E-state index in [1.807, 2.05) is 20.8 Å². The third kappa shape index (κ3) is 2.96. The van der Waals surface area contributed by atoms with Crippen molar-refractivity contribution < 1.29 is 4.74 Å². The summed E-state index contributed by atoms with van der Waals surface area (Å²) in [5, 5.41) is 0.534. The normalized spacial score (nSPS) is 14.7. The topological polar surface area (TPSA) is 35.0 Å². The number of halogens is 1. The van der Waals surface area contributed by atoms with Crippen LogP contribution < -0.4 is 0 Å². The molecule has 3 nitrogen and oxygen atoms in total. The van der Waals surface area contributed by atoms with Gasteiger partial charge in [-0.15, -0.1) is 0 Å². The van der Waals surface area contributed by atoms with Gasteiger partial charge in [-0.3, -0.25) is 0 Å². The van der Waals surface area contributed by atoms with Gasteiger partial charge in [0, 0.05) is 17.9 Å². The molecule has 4 heteroatoms. The summed E-state index contributed by atoms with van der Waals surface area (Å²) in [6.45, 7) is 10.7. The Bertz CT molecular complexity index is 395. The minimum absolute atomic E-state index is 0.448. The summed E-state index contributed by atoms with van der Waals surface area (Å²) >= 11 is 6.15. The Balaban J connectivity index is 3.25. The highest BCUT2D eigenvalue weighted by molar-refractivity contribution is 6.30. The first kappa shape index (κ1) is 14.4. The Morgan fingerprint density at radius 2 is 1.88 bits per heavy atom. The zero-order valence-electron chi connectivity index (χ0n) is 11.3. The van der Waals surface area contributed by atoms with Gasteiger partial charge in [0.1, 0.15) is 10.8 Å². The summed E-state index contributed by atoms with van der Waals surface area (Å²) in [5.41, 5.74) is 1.52. The van der Waals surface area contributed by atoms with Gasteiger partial charge in [-0.1, -0.05) is 25.4 Å².